The predicted octanol–water partition coefficient (Wildman–Crippen LogP) is 2.68. The fourth-order valence-corrected chi connectivity index (χ4v) is 1.69. The Morgan fingerprint density at radius 2 is 1.94 bits per heavy atom. The lowest BCUT2D eigenvalue weighted by molar-refractivity contribution is -0.120. The van der Waals surface area contributed by atoms with Crippen LogP contribution >= 0.6 is 0 Å². The van der Waals surface area contributed by atoms with Crippen molar-refractivity contribution in [1.82, 2.24) is 0 Å². The summed E-state index contributed by atoms with van der Waals surface area (Å²) in [6.07, 6.45) is 7.68. The molecule has 0 saturated heterocycles. The van der Waals surface area contributed by atoms with Crippen molar-refractivity contribution < 1.29 is 14.3 Å². The Morgan fingerprint density at radius 1 is 1.18 bits per heavy atom. The summed E-state index contributed by atoms with van der Waals surface area (Å²) in [4.78, 5) is 22.2. The number of Topliss-reactive ketones (excluding diaryl/α,β-unsaturated/α-hetero) is 1. The van der Waals surface area contributed by atoms with E-state index >= 15 is 0 Å². The average Bonchev–Trinajstić information content (AvgIpc) is 2.40. The van der Waals surface area contributed by atoms with Gasteiger partial charge in [-0.25, -0.2) is 0 Å². The van der Waals surface area contributed by atoms with Crippen molar-refractivity contribution in [2.24, 2.45) is 0 Å². The zero-order valence-corrected chi connectivity index (χ0v) is 9.26. The number of ketones is 1. The van der Waals surface area contributed by atoms with Gasteiger partial charge in [0.05, 0.1) is 0 Å². The lowest BCUT2D eigenvalue weighted by Crippen LogP contribution is -2.03. The Hall–Kier alpha value is -2.16. The van der Waals surface area contributed by atoms with E-state index in [0.29, 0.717) is 17.8 Å². The van der Waals surface area contributed by atoms with E-state index in [9.17, 15) is 9.59 Å². The Bertz CT molecular complexity index is 481. The number of allylic oxidation sites excluding steroid dienone is 4. The van der Waals surface area contributed by atoms with Crippen LogP contribution in [0.3, 0.4) is 0 Å². The van der Waals surface area contributed by atoms with Crippen LogP contribution in [0.15, 0.2) is 48.1 Å². The monoisotopic (exact) mass is 228 g/mol. The van der Waals surface area contributed by atoms with Gasteiger partial charge in [-0.05, 0) is 37.1 Å². The van der Waals surface area contributed by atoms with Crippen molar-refractivity contribution >= 4 is 12.3 Å². The first-order chi connectivity index (χ1) is 8.31. The van der Waals surface area contributed by atoms with Crippen LogP contribution in [0.1, 0.15) is 23.2 Å². The van der Waals surface area contributed by atoms with E-state index in [-0.39, 0.29) is 5.78 Å². The fourth-order valence-electron chi connectivity index (χ4n) is 1.69. The van der Waals surface area contributed by atoms with Gasteiger partial charge in [0, 0.05) is 11.1 Å². The molecule has 0 aliphatic heterocycles. The first kappa shape index (κ1) is 11.3. The molecule has 2 rings (SSSR count). The molecule has 3 heteroatoms. The summed E-state index contributed by atoms with van der Waals surface area (Å²) in [6.45, 7) is 0.364. The normalized spacial score (nSPS) is 14.0. The lowest BCUT2D eigenvalue weighted by Gasteiger charge is -2.06. The Morgan fingerprint density at radius 3 is 2.53 bits per heavy atom. The molecule has 0 heterocycles. The molecule has 1 aromatic rings. The minimum atomic E-state index is -0.00129. The molecule has 0 atom stereocenters. The number of ether oxygens (including phenoxy) is 1. The molecule has 0 unspecified atom stereocenters. The third-order valence-electron chi connectivity index (χ3n) is 2.56. The van der Waals surface area contributed by atoms with Gasteiger partial charge in [0.15, 0.2) is 5.78 Å². The second-order valence-electron chi connectivity index (χ2n) is 3.71. The molecule has 0 aromatic heterocycles. The van der Waals surface area contributed by atoms with Crippen molar-refractivity contribution in [3.05, 3.63) is 53.6 Å². The molecule has 86 valence electrons. The van der Waals surface area contributed by atoms with Crippen LogP contribution in [0.2, 0.25) is 0 Å². The average molecular weight is 228 g/mol. The second kappa shape index (κ2) is 5.25. The summed E-state index contributed by atoms with van der Waals surface area (Å²) in [5, 5.41) is 0. The number of carbonyl (C=O) groups excluding carboxylic acids is 2. The predicted molar refractivity (Wildman–Crippen MR) is 63.9 cm³/mol. The Kier molecular flexibility index (Phi) is 3.50. The zero-order valence-electron chi connectivity index (χ0n) is 9.26. The van der Waals surface area contributed by atoms with E-state index in [2.05, 4.69) is 4.74 Å². The topological polar surface area (TPSA) is 43.4 Å². The van der Waals surface area contributed by atoms with Gasteiger partial charge in [0.2, 0.25) is 0 Å². The van der Waals surface area contributed by atoms with Crippen LogP contribution in [0, 0.1) is 0 Å². The van der Waals surface area contributed by atoms with Gasteiger partial charge in [-0.1, -0.05) is 18.2 Å². The van der Waals surface area contributed by atoms with Crippen molar-refractivity contribution in [2.75, 3.05) is 0 Å². The molecule has 17 heavy (non-hydrogen) atoms. The van der Waals surface area contributed by atoms with Crippen LogP contribution in [-0.2, 0) is 4.79 Å². The lowest BCUT2D eigenvalue weighted by atomic mass is 9.98. The maximum absolute atomic E-state index is 12.0. The molecule has 0 N–H and O–H groups in total. The summed E-state index contributed by atoms with van der Waals surface area (Å²) in [7, 11) is 0. The van der Waals surface area contributed by atoms with E-state index in [1.165, 1.54) is 0 Å². The van der Waals surface area contributed by atoms with E-state index in [0.717, 1.165) is 18.4 Å². The molecule has 0 bridgehead atoms. The smallest absolute Gasteiger partial charge is 0.298 e. The molecule has 0 spiro atoms. The molecule has 3 nitrogen and oxygen atoms in total. The molecule has 0 fully saturated rings. The van der Waals surface area contributed by atoms with Gasteiger partial charge in [-0.15, -0.1) is 0 Å². The maximum atomic E-state index is 12.0. The number of rotatable bonds is 4. The maximum Gasteiger partial charge on any atom is 0.298 e. The van der Waals surface area contributed by atoms with E-state index in [4.69, 9.17) is 0 Å². The van der Waals surface area contributed by atoms with Crippen LogP contribution in [0.5, 0.6) is 5.75 Å². The van der Waals surface area contributed by atoms with Gasteiger partial charge in [0.1, 0.15) is 5.75 Å². The molecular formula is C14H12O3. The third-order valence-corrected chi connectivity index (χ3v) is 2.56. The highest BCUT2D eigenvalue weighted by molar-refractivity contribution is 6.10. The SMILES string of the molecule is O=COc1ccc(C(=O)C2=CCCC=C2)cc1. The largest absolute Gasteiger partial charge is 0.429 e. The molecule has 1 aliphatic carbocycles. The van der Waals surface area contributed by atoms with Gasteiger partial charge in [-0.2, -0.15) is 0 Å². The van der Waals surface area contributed by atoms with Gasteiger partial charge in [0.25, 0.3) is 6.47 Å². The molecular weight excluding hydrogens is 216 g/mol. The van der Waals surface area contributed by atoms with Gasteiger partial charge < -0.3 is 4.74 Å². The molecule has 1 aromatic carbocycles. The number of carbonyl (C=O) groups is 2. The van der Waals surface area contributed by atoms with E-state index < -0.39 is 0 Å². The van der Waals surface area contributed by atoms with Crippen molar-refractivity contribution in [1.29, 1.82) is 0 Å². The molecule has 0 saturated carbocycles. The van der Waals surface area contributed by atoms with Crippen LogP contribution < -0.4 is 4.74 Å². The number of hydrogen-bond donors (Lipinski definition) is 0. The summed E-state index contributed by atoms with van der Waals surface area (Å²) >= 11 is 0. The molecule has 1 aliphatic rings. The Balaban J connectivity index is 2.16. The van der Waals surface area contributed by atoms with Crippen LogP contribution in [0.4, 0.5) is 0 Å². The first-order valence-corrected chi connectivity index (χ1v) is 5.43. The zero-order chi connectivity index (χ0) is 12.1. The van der Waals surface area contributed by atoms with Crippen molar-refractivity contribution in [3.8, 4) is 5.75 Å². The Labute approximate surface area is 99.4 Å². The summed E-state index contributed by atoms with van der Waals surface area (Å²) in [5.74, 6) is 0.434. The van der Waals surface area contributed by atoms with Gasteiger partial charge in [-0.3, -0.25) is 9.59 Å². The van der Waals surface area contributed by atoms with Crippen LogP contribution in [-0.4, -0.2) is 12.3 Å². The van der Waals surface area contributed by atoms with Crippen molar-refractivity contribution in [3.63, 3.8) is 0 Å². The van der Waals surface area contributed by atoms with E-state index in [1.807, 2.05) is 18.2 Å². The first-order valence-electron chi connectivity index (χ1n) is 5.43. The highest BCUT2D eigenvalue weighted by atomic mass is 16.5. The second-order valence-corrected chi connectivity index (χ2v) is 3.71. The highest BCUT2D eigenvalue weighted by Crippen LogP contribution is 2.18. The summed E-state index contributed by atoms with van der Waals surface area (Å²) in [6, 6.07) is 6.53. The number of hydrogen-bond acceptors (Lipinski definition) is 3. The quantitative estimate of drug-likeness (QED) is 0.587. The molecule has 0 radical (unpaired) electrons. The summed E-state index contributed by atoms with van der Waals surface area (Å²) in [5.41, 5.74) is 1.32. The highest BCUT2D eigenvalue weighted by Gasteiger charge is 2.11. The minimum absolute atomic E-state index is 0.00129. The van der Waals surface area contributed by atoms with E-state index in [1.54, 1.807) is 24.3 Å². The minimum Gasteiger partial charge on any atom is -0.429 e. The fraction of sp³-hybridized carbons (Fsp3) is 0.143. The van der Waals surface area contributed by atoms with Crippen molar-refractivity contribution in [2.45, 2.75) is 12.8 Å². The third kappa shape index (κ3) is 2.69. The number of benzene rings is 1. The molecule has 0 amide bonds. The standard InChI is InChI=1S/C14H12O3/c15-10-17-13-8-6-12(7-9-13)14(16)11-4-2-1-3-5-11/h2,4-10H,1,3H2. The summed E-state index contributed by atoms with van der Waals surface area (Å²) < 4.78 is 4.67. The van der Waals surface area contributed by atoms with Crippen LogP contribution in [0.25, 0.3) is 0 Å². The van der Waals surface area contributed by atoms with Gasteiger partial charge >= 0.3 is 0 Å².